The van der Waals surface area contributed by atoms with E-state index in [1.54, 1.807) is 12.1 Å². The molecule has 2 rings (SSSR count). The maximum absolute atomic E-state index is 11.1. The smallest absolute Gasteiger partial charge is 0.342 e. The molecule has 0 saturated heterocycles. The van der Waals surface area contributed by atoms with Crippen molar-refractivity contribution in [3.63, 3.8) is 0 Å². The Balaban J connectivity index is 2.41. The second-order valence-corrected chi connectivity index (χ2v) is 4.44. The minimum Gasteiger partial charge on any atom is -0.477 e. The molecule has 0 aliphatic carbocycles. The normalized spacial score (nSPS) is 10.1. The van der Waals surface area contributed by atoms with E-state index < -0.39 is 16.6 Å². The van der Waals surface area contributed by atoms with Crippen LogP contribution in [0.2, 0.25) is 0 Å². The molecule has 0 heterocycles. The highest BCUT2D eigenvalue weighted by Gasteiger charge is 2.24. The lowest BCUT2D eigenvalue weighted by atomic mass is 10.1. The van der Waals surface area contributed by atoms with E-state index in [-0.39, 0.29) is 11.3 Å². The molecule has 0 spiro atoms. The van der Waals surface area contributed by atoms with Crippen molar-refractivity contribution in [3.05, 3.63) is 63.7 Å². The molecule has 0 amide bonds. The van der Waals surface area contributed by atoms with Crippen LogP contribution in [-0.2, 0) is 6.42 Å². The van der Waals surface area contributed by atoms with Crippen molar-refractivity contribution in [1.82, 2.24) is 0 Å². The molecule has 0 aliphatic rings. The number of nitro benzene ring substituents is 1. The van der Waals surface area contributed by atoms with E-state index in [0.29, 0.717) is 5.69 Å². The van der Waals surface area contributed by atoms with Gasteiger partial charge in [0.25, 0.3) is 0 Å². The fourth-order valence-electron chi connectivity index (χ4n) is 1.99. The van der Waals surface area contributed by atoms with Crippen LogP contribution in [0.1, 0.15) is 22.8 Å². The lowest BCUT2D eigenvalue weighted by molar-refractivity contribution is -0.384. The first kappa shape index (κ1) is 14.5. The number of nitrogens with one attached hydrogen (secondary N) is 1. The number of aryl methyl sites for hydroxylation is 1. The highest BCUT2D eigenvalue weighted by atomic mass is 16.6. The molecule has 2 N–H and O–H groups in total. The molecule has 0 bridgehead atoms. The molecule has 21 heavy (non-hydrogen) atoms. The second-order valence-electron chi connectivity index (χ2n) is 4.44. The molecule has 2 aromatic rings. The molecule has 6 heteroatoms. The molecule has 0 unspecified atom stereocenters. The molecule has 0 saturated carbocycles. The zero-order valence-electron chi connectivity index (χ0n) is 11.4. The lowest BCUT2D eigenvalue weighted by Crippen LogP contribution is -2.05. The van der Waals surface area contributed by atoms with Gasteiger partial charge in [-0.2, -0.15) is 0 Å². The molecular formula is C15H14N2O4. The Kier molecular flexibility index (Phi) is 4.18. The van der Waals surface area contributed by atoms with Crippen LogP contribution in [0, 0.1) is 10.1 Å². The summed E-state index contributed by atoms with van der Waals surface area (Å²) in [5.41, 5.74) is 1.19. The van der Waals surface area contributed by atoms with Gasteiger partial charge in [0.2, 0.25) is 0 Å². The Labute approximate surface area is 121 Å². The molecule has 0 radical (unpaired) electrons. The van der Waals surface area contributed by atoms with Gasteiger partial charge in [-0.15, -0.1) is 0 Å². The van der Waals surface area contributed by atoms with Gasteiger partial charge >= 0.3 is 11.7 Å². The summed E-state index contributed by atoms with van der Waals surface area (Å²) in [7, 11) is 0. The van der Waals surface area contributed by atoms with Gasteiger partial charge < -0.3 is 10.4 Å². The predicted octanol–water partition coefficient (Wildman–Crippen LogP) is 3.60. The number of nitrogens with zero attached hydrogens (tertiary/aromatic N) is 1. The quantitative estimate of drug-likeness (QED) is 0.647. The number of nitro groups is 1. The zero-order valence-corrected chi connectivity index (χ0v) is 11.4. The fourth-order valence-corrected chi connectivity index (χ4v) is 1.99. The number of benzene rings is 2. The largest absolute Gasteiger partial charge is 0.477 e. The summed E-state index contributed by atoms with van der Waals surface area (Å²) in [6.07, 6.45) is 0.898. The van der Waals surface area contributed by atoms with Gasteiger partial charge in [0.05, 0.1) is 4.92 Å². The topological polar surface area (TPSA) is 92.5 Å². The third-order valence-corrected chi connectivity index (χ3v) is 3.09. The standard InChI is InChI=1S/C15H14N2O4/c1-2-10-6-8-11(9-7-10)16-13-5-3-4-12(15(18)19)14(13)17(20)21/h3-9,16H,2H2,1H3,(H,18,19). The average molecular weight is 286 g/mol. The van der Waals surface area contributed by atoms with Crippen molar-refractivity contribution in [2.75, 3.05) is 5.32 Å². The van der Waals surface area contributed by atoms with Crippen LogP contribution in [0.4, 0.5) is 17.1 Å². The summed E-state index contributed by atoms with van der Waals surface area (Å²) in [5.74, 6) is -1.33. The number of hydrogen-bond donors (Lipinski definition) is 2. The molecule has 0 atom stereocenters. The van der Waals surface area contributed by atoms with Gasteiger partial charge in [-0.3, -0.25) is 10.1 Å². The lowest BCUT2D eigenvalue weighted by Gasteiger charge is -2.09. The van der Waals surface area contributed by atoms with E-state index >= 15 is 0 Å². The predicted molar refractivity (Wildman–Crippen MR) is 79.2 cm³/mol. The third-order valence-electron chi connectivity index (χ3n) is 3.09. The molecule has 0 fully saturated rings. The Morgan fingerprint density at radius 3 is 2.43 bits per heavy atom. The van der Waals surface area contributed by atoms with Gasteiger partial charge in [-0.05, 0) is 36.2 Å². The van der Waals surface area contributed by atoms with Crippen molar-refractivity contribution in [1.29, 1.82) is 0 Å². The highest BCUT2D eigenvalue weighted by molar-refractivity contribution is 5.96. The number of carboxylic acid groups (broad SMARTS) is 1. The third kappa shape index (κ3) is 3.17. The molecule has 108 valence electrons. The van der Waals surface area contributed by atoms with Crippen molar-refractivity contribution in [3.8, 4) is 0 Å². The van der Waals surface area contributed by atoms with Crippen LogP contribution in [0.5, 0.6) is 0 Å². The minimum absolute atomic E-state index is 0.157. The first-order chi connectivity index (χ1) is 10.0. The number of carbonyl (C=O) groups is 1. The van der Waals surface area contributed by atoms with E-state index in [4.69, 9.17) is 5.11 Å². The van der Waals surface area contributed by atoms with Crippen molar-refractivity contribution in [2.24, 2.45) is 0 Å². The summed E-state index contributed by atoms with van der Waals surface area (Å²) >= 11 is 0. The van der Waals surface area contributed by atoms with Gasteiger partial charge in [0.1, 0.15) is 11.3 Å². The Morgan fingerprint density at radius 2 is 1.90 bits per heavy atom. The summed E-state index contributed by atoms with van der Waals surface area (Å²) < 4.78 is 0. The highest BCUT2D eigenvalue weighted by Crippen LogP contribution is 2.31. The molecule has 6 nitrogen and oxygen atoms in total. The number of hydrogen-bond acceptors (Lipinski definition) is 4. The number of aromatic carboxylic acids is 1. The molecule has 0 aromatic heterocycles. The molecule has 0 aliphatic heterocycles. The Morgan fingerprint density at radius 1 is 1.24 bits per heavy atom. The van der Waals surface area contributed by atoms with E-state index in [9.17, 15) is 14.9 Å². The van der Waals surface area contributed by atoms with Gasteiger partial charge in [0, 0.05) is 5.69 Å². The zero-order chi connectivity index (χ0) is 15.4. The van der Waals surface area contributed by atoms with Crippen LogP contribution < -0.4 is 5.32 Å². The summed E-state index contributed by atoms with van der Waals surface area (Å²) in [4.78, 5) is 21.5. The number of carboxylic acids is 1. The van der Waals surface area contributed by atoms with Crippen LogP contribution >= 0.6 is 0 Å². The van der Waals surface area contributed by atoms with E-state index in [2.05, 4.69) is 5.32 Å². The van der Waals surface area contributed by atoms with Crippen LogP contribution in [-0.4, -0.2) is 16.0 Å². The molecule has 2 aromatic carbocycles. The van der Waals surface area contributed by atoms with Crippen LogP contribution in [0.15, 0.2) is 42.5 Å². The Hall–Kier alpha value is -2.89. The van der Waals surface area contributed by atoms with E-state index in [1.165, 1.54) is 18.2 Å². The van der Waals surface area contributed by atoms with Crippen molar-refractivity contribution in [2.45, 2.75) is 13.3 Å². The maximum atomic E-state index is 11.1. The summed E-state index contributed by atoms with van der Waals surface area (Å²) in [5, 5.41) is 23.1. The van der Waals surface area contributed by atoms with E-state index in [0.717, 1.165) is 12.0 Å². The van der Waals surface area contributed by atoms with Gasteiger partial charge in [-0.1, -0.05) is 25.1 Å². The first-order valence-corrected chi connectivity index (χ1v) is 6.39. The van der Waals surface area contributed by atoms with Gasteiger partial charge in [0.15, 0.2) is 0 Å². The number of para-hydroxylation sites is 1. The fraction of sp³-hybridized carbons (Fsp3) is 0.133. The minimum atomic E-state index is -1.33. The van der Waals surface area contributed by atoms with Crippen LogP contribution in [0.3, 0.4) is 0 Å². The maximum Gasteiger partial charge on any atom is 0.342 e. The monoisotopic (exact) mass is 286 g/mol. The molecular weight excluding hydrogens is 272 g/mol. The second kappa shape index (κ2) is 6.04. The summed E-state index contributed by atoms with van der Waals surface area (Å²) in [6.45, 7) is 2.03. The average Bonchev–Trinajstić information content (AvgIpc) is 2.47. The van der Waals surface area contributed by atoms with Crippen molar-refractivity contribution < 1.29 is 14.8 Å². The van der Waals surface area contributed by atoms with E-state index in [1.807, 2.05) is 19.1 Å². The number of anilines is 2. The van der Waals surface area contributed by atoms with Crippen molar-refractivity contribution >= 4 is 23.0 Å². The first-order valence-electron chi connectivity index (χ1n) is 6.39. The van der Waals surface area contributed by atoms with Gasteiger partial charge in [-0.25, -0.2) is 4.79 Å². The Bertz CT molecular complexity index is 681. The SMILES string of the molecule is CCc1ccc(Nc2cccc(C(=O)O)c2[N+](=O)[O-])cc1. The van der Waals surface area contributed by atoms with Crippen LogP contribution in [0.25, 0.3) is 0 Å². The summed E-state index contributed by atoms with van der Waals surface area (Å²) in [6, 6.07) is 11.6. The number of rotatable bonds is 5.